The van der Waals surface area contributed by atoms with Crippen molar-refractivity contribution in [3.63, 3.8) is 0 Å². The highest BCUT2D eigenvalue weighted by atomic mass is 32.2. The van der Waals surface area contributed by atoms with Crippen LogP contribution in [0.25, 0.3) is 0 Å². The fourth-order valence-electron chi connectivity index (χ4n) is 11.2. The Kier molecular flexibility index (Phi) is 33.0. The Bertz CT molecular complexity index is 2150. The number of carbonyl (C=O) groups excluding carboxylic acids is 7. The molecule has 0 bridgehead atoms. The van der Waals surface area contributed by atoms with E-state index < -0.39 is 54.2 Å². The van der Waals surface area contributed by atoms with E-state index in [1.54, 1.807) is 0 Å². The molecule has 0 spiro atoms. The maximum absolute atomic E-state index is 14.1. The third kappa shape index (κ3) is 24.3. The molecular weight excluding hydrogens is 1170 g/mol. The van der Waals surface area contributed by atoms with Gasteiger partial charge in [-0.2, -0.15) is 23.5 Å². The Hall–Kier alpha value is -4.63. The van der Waals surface area contributed by atoms with Gasteiger partial charge in [-0.15, -0.1) is 0 Å². The molecule has 27 nitrogen and oxygen atoms in total. The molecule has 12 atom stereocenters. The molecule has 4 aliphatic heterocycles. The number of benzene rings is 1. The van der Waals surface area contributed by atoms with Crippen molar-refractivity contribution >= 4 is 65.1 Å². The second-order valence-electron chi connectivity index (χ2n) is 22.1. The van der Waals surface area contributed by atoms with E-state index in [0.29, 0.717) is 141 Å². The van der Waals surface area contributed by atoms with Crippen molar-refractivity contribution in [2.75, 3.05) is 138 Å². The van der Waals surface area contributed by atoms with Gasteiger partial charge in [-0.1, -0.05) is 12.8 Å². The van der Waals surface area contributed by atoms with E-state index in [-0.39, 0.29) is 77.8 Å². The van der Waals surface area contributed by atoms with Gasteiger partial charge in [0, 0.05) is 125 Å². The summed E-state index contributed by atoms with van der Waals surface area (Å²) in [6.07, 6.45) is 6.67. The summed E-state index contributed by atoms with van der Waals surface area (Å²) in [6.45, 7) is 6.28. The van der Waals surface area contributed by atoms with Crippen LogP contribution in [-0.2, 0) is 52.2 Å². The molecule has 8 unspecified atom stereocenters. The monoisotopic (exact) mass is 1270 g/mol. The van der Waals surface area contributed by atoms with Crippen LogP contribution in [0.4, 0.5) is 9.59 Å². The second kappa shape index (κ2) is 40.2. The van der Waals surface area contributed by atoms with Crippen LogP contribution in [0.5, 0.6) is 0 Å². The van der Waals surface area contributed by atoms with Crippen LogP contribution in [0.15, 0.2) is 18.2 Å². The number of ether oxygens (including phenoxy) is 9. The number of nitrogens with two attached hydrogens (primary N) is 2. The summed E-state index contributed by atoms with van der Waals surface area (Å²) in [4.78, 5) is 88.9. The quantitative estimate of drug-likeness (QED) is 0.0309. The van der Waals surface area contributed by atoms with Crippen molar-refractivity contribution in [2.24, 2.45) is 11.5 Å². The minimum atomic E-state index is -0.814. The zero-order chi connectivity index (χ0) is 62.2. The highest BCUT2D eigenvalue weighted by Crippen LogP contribution is 2.34. The van der Waals surface area contributed by atoms with Gasteiger partial charge in [0.2, 0.25) is 11.8 Å². The lowest BCUT2D eigenvalue weighted by Gasteiger charge is -2.47. The molecular formula is C58H97N11O16S2. The number of fused-ring (bicyclic) bond motifs is 2. The molecule has 0 aromatic heterocycles. The number of carbonyl (C=O) groups is 7. The maximum Gasteiger partial charge on any atom is 0.315 e. The maximum atomic E-state index is 14.1. The zero-order valence-electron chi connectivity index (χ0n) is 50.9. The third-order valence-corrected chi connectivity index (χ3v) is 18.8. The van der Waals surface area contributed by atoms with Gasteiger partial charge in [0.15, 0.2) is 0 Å². The number of nitrogens with one attached hydrogen (secondary N) is 9. The van der Waals surface area contributed by atoms with Crippen molar-refractivity contribution in [3.8, 4) is 0 Å². The number of thioether (sulfide) groups is 2. The molecule has 4 heterocycles. The molecule has 29 heteroatoms. The number of hydrogen-bond acceptors (Lipinski definition) is 20. The van der Waals surface area contributed by atoms with Gasteiger partial charge in [-0.25, -0.2) is 9.59 Å². The minimum absolute atomic E-state index is 0.0346. The number of rotatable bonds is 45. The van der Waals surface area contributed by atoms with Crippen LogP contribution in [0, 0.1) is 0 Å². The summed E-state index contributed by atoms with van der Waals surface area (Å²) in [6, 6.07) is 2.64. The topological polar surface area (TPSA) is 363 Å². The SMILES string of the molecule is COC1[C@@H](N)[C@@H](OC)C(NC(=O)c2cc(C(=O)NCCCOCCOCCOCCCNC(=O)CCCCC3SCC4NC(=O)NC43)cc(C(=O)NCCCOCCOCCOCCCNC(=O)CCCCC3SCC4NC(=O)NC43)c2)[C@@H](OC)[C@H]1N. The number of methoxy groups -OCH3 is 3. The van der Waals surface area contributed by atoms with Gasteiger partial charge >= 0.3 is 12.1 Å². The molecule has 492 valence electrons. The van der Waals surface area contributed by atoms with E-state index in [1.807, 2.05) is 23.5 Å². The van der Waals surface area contributed by atoms with E-state index >= 15 is 0 Å². The van der Waals surface area contributed by atoms with Crippen molar-refractivity contribution in [1.82, 2.24) is 47.9 Å². The fourth-order valence-corrected chi connectivity index (χ4v) is 14.3. The zero-order valence-corrected chi connectivity index (χ0v) is 52.5. The van der Waals surface area contributed by atoms with E-state index in [2.05, 4.69) is 47.9 Å². The first-order valence-corrected chi connectivity index (χ1v) is 32.9. The number of unbranched alkanes of at least 4 members (excludes halogenated alkanes) is 2. The summed E-state index contributed by atoms with van der Waals surface area (Å²) < 4.78 is 50.9. The molecule has 0 radical (unpaired) electrons. The molecule has 87 heavy (non-hydrogen) atoms. The third-order valence-electron chi connectivity index (χ3n) is 15.8. The van der Waals surface area contributed by atoms with Crippen molar-refractivity contribution in [2.45, 2.75) is 148 Å². The fraction of sp³-hybridized carbons (Fsp3) is 0.776. The predicted octanol–water partition coefficient (Wildman–Crippen LogP) is 0.302. The summed E-state index contributed by atoms with van der Waals surface area (Å²) in [5, 5.41) is 27.3. The Morgan fingerprint density at radius 2 is 0.805 bits per heavy atom. The second-order valence-corrected chi connectivity index (χ2v) is 24.6. The van der Waals surface area contributed by atoms with E-state index in [0.717, 1.165) is 50.0 Å². The van der Waals surface area contributed by atoms with Crippen LogP contribution < -0.4 is 59.3 Å². The summed E-state index contributed by atoms with van der Waals surface area (Å²) in [5.41, 5.74) is 13.2. The number of hydrogen-bond donors (Lipinski definition) is 11. The van der Waals surface area contributed by atoms with Crippen molar-refractivity contribution in [3.05, 3.63) is 34.9 Å². The molecule has 1 aromatic carbocycles. The Labute approximate surface area is 519 Å². The molecule has 6 rings (SSSR count). The Balaban J connectivity index is 0.799. The van der Waals surface area contributed by atoms with Crippen LogP contribution in [0.3, 0.4) is 0 Å². The highest BCUT2D eigenvalue weighted by Gasteiger charge is 2.50. The summed E-state index contributed by atoms with van der Waals surface area (Å²) >= 11 is 3.77. The first-order chi connectivity index (χ1) is 42.3. The van der Waals surface area contributed by atoms with Crippen molar-refractivity contribution < 1.29 is 76.2 Å². The molecule has 1 aromatic rings. The van der Waals surface area contributed by atoms with E-state index in [9.17, 15) is 33.6 Å². The number of urea groups is 2. The first-order valence-electron chi connectivity index (χ1n) is 30.8. The average molecular weight is 1270 g/mol. The lowest BCUT2D eigenvalue weighted by molar-refractivity contribution is -0.122. The average Bonchev–Trinajstić information content (AvgIpc) is 1.94. The van der Waals surface area contributed by atoms with Crippen LogP contribution in [-0.4, -0.2) is 251 Å². The first kappa shape index (κ1) is 71.4. The van der Waals surface area contributed by atoms with Crippen molar-refractivity contribution in [1.29, 1.82) is 0 Å². The normalized spacial score (nSPS) is 25.4. The van der Waals surface area contributed by atoms with Gasteiger partial charge in [0.25, 0.3) is 17.7 Å². The minimum Gasteiger partial charge on any atom is -0.379 e. The molecule has 13 N–H and O–H groups in total. The highest BCUT2D eigenvalue weighted by molar-refractivity contribution is 8.00. The molecule has 4 saturated heterocycles. The summed E-state index contributed by atoms with van der Waals surface area (Å²) in [5.74, 6) is 0.325. The Morgan fingerprint density at radius 3 is 1.17 bits per heavy atom. The van der Waals surface area contributed by atoms with Gasteiger partial charge in [0.1, 0.15) is 0 Å². The van der Waals surface area contributed by atoms with E-state index in [4.69, 9.17) is 54.1 Å². The van der Waals surface area contributed by atoms with Crippen LogP contribution >= 0.6 is 23.5 Å². The molecule has 1 saturated carbocycles. The van der Waals surface area contributed by atoms with Gasteiger partial charge in [-0.3, -0.25) is 24.0 Å². The lowest BCUT2D eigenvalue weighted by Crippen LogP contribution is -2.73. The van der Waals surface area contributed by atoms with Crippen LogP contribution in [0.1, 0.15) is 108 Å². The number of amides is 9. The van der Waals surface area contributed by atoms with E-state index in [1.165, 1.54) is 39.5 Å². The molecule has 1 aliphatic carbocycles. The predicted molar refractivity (Wildman–Crippen MR) is 328 cm³/mol. The van der Waals surface area contributed by atoms with Crippen LogP contribution in [0.2, 0.25) is 0 Å². The standard InChI is InChI=1S/C58H97N11O16S2/c1-77-51-46(59)52(78-2)50(53(79-3)47(51)60)67-56(74)39-33-37(54(72)63-18-10-22-82-26-30-84-28-24-80-20-8-16-61-44(70)14-6-4-12-42-48-40(35-86-42)65-57(75)68-48)32-38(34-39)55(73)64-19-11-23-83-27-31-85-29-25-81-21-9-17-62-45(71)15-7-5-13-43-49-41(36-87-43)66-58(76)69-49/h32-34,40-43,46-53H,4-31,35-36,59-60H2,1-3H3,(H,61,70)(H,62,71)(H,63,72)(H,64,73)(H,67,74)(H2,65,68,75)(H2,66,69,76)/t40?,41?,42?,43?,46-,47+,48?,49?,50?,51?,52-,53+. The molecule has 9 amide bonds. The van der Waals surface area contributed by atoms with Gasteiger partial charge < -0.3 is 102 Å². The molecule has 5 fully saturated rings. The smallest absolute Gasteiger partial charge is 0.315 e. The molecule has 5 aliphatic rings. The van der Waals surface area contributed by atoms with Gasteiger partial charge in [0.05, 0.1) is 113 Å². The largest absolute Gasteiger partial charge is 0.379 e. The Morgan fingerprint density at radius 1 is 0.460 bits per heavy atom. The summed E-state index contributed by atoms with van der Waals surface area (Å²) in [7, 11) is 4.41. The van der Waals surface area contributed by atoms with Gasteiger partial charge in [-0.05, 0) is 69.6 Å². The lowest BCUT2D eigenvalue weighted by atomic mass is 9.80.